The molecule has 1 saturated heterocycles. The van der Waals surface area contributed by atoms with E-state index in [0.29, 0.717) is 6.54 Å². The molecule has 0 saturated carbocycles. The molecule has 1 aliphatic heterocycles. The van der Waals surface area contributed by atoms with E-state index in [1.165, 1.54) is 4.90 Å². The van der Waals surface area contributed by atoms with Crippen LogP contribution in [0.15, 0.2) is 35.2 Å². The zero-order valence-corrected chi connectivity index (χ0v) is 15.7. The summed E-state index contributed by atoms with van der Waals surface area (Å²) < 4.78 is 10.9. The van der Waals surface area contributed by atoms with Gasteiger partial charge in [-0.3, -0.25) is 4.57 Å². The summed E-state index contributed by atoms with van der Waals surface area (Å²) in [7, 11) is -3.88. The fraction of sp³-hybridized carbons (Fsp3) is 0.625. The number of nitrogens with two attached hydrogens (primary N) is 1. The Morgan fingerprint density at radius 2 is 1.67 bits per heavy atom. The van der Waals surface area contributed by atoms with E-state index in [9.17, 15) is 4.57 Å². The zero-order valence-electron chi connectivity index (χ0n) is 14.0. The van der Waals surface area contributed by atoms with Crippen LogP contribution in [0.2, 0.25) is 0 Å². The highest BCUT2D eigenvalue weighted by Crippen LogP contribution is 2.33. The van der Waals surface area contributed by atoms with Gasteiger partial charge in [0.05, 0.1) is 6.16 Å². The van der Waals surface area contributed by atoms with Crippen LogP contribution >= 0.6 is 19.4 Å². The number of rotatable bonds is 9. The number of benzene rings is 1. The number of nitrogens with zero attached hydrogens (tertiary/aromatic N) is 2. The number of hydrogen-bond donors (Lipinski definition) is 3. The Morgan fingerprint density at radius 3 is 2.25 bits per heavy atom. The molecule has 4 N–H and O–H groups in total. The molecule has 0 spiro atoms. The van der Waals surface area contributed by atoms with Gasteiger partial charge in [-0.05, 0) is 25.1 Å². The minimum Gasteiger partial charge on any atom is -0.327 e. The van der Waals surface area contributed by atoms with E-state index in [1.807, 2.05) is 18.2 Å². The van der Waals surface area contributed by atoms with Crippen molar-refractivity contribution in [3.63, 3.8) is 0 Å². The van der Waals surface area contributed by atoms with Crippen LogP contribution in [0.4, 0.5) is 0 Å². The maximum absolute atomic E-state index is 10.9. The van der Waals surface area contributed by atoms with Crippen molar-refractivity contribution in [1.82, 2.24) is 9.80 Å². The minimum atomic E-state index is -3.88. The minimum absolute atomic E-state index is 0.0470. The Balaban J connectivity index is 1.57. The van der Waals surface area contributed by atoms with Gasteiger partial charge < -0.3 is 25.3 Å². The topological polar surface area (TPSA) is 90.0 Å². The highest BCUT2D eigenvalue weighted by Gasteiger charge is 2.20. The van der Waals surface area contributed by atoms with Crippen LogP contribution in [0.5, 0.6) is 0 Å². The lowest BCUT2D eigenvalue weighted by Crippen LogP contribution is -2.48. The molecular formula is C16H28N3O3PS. The normalized spacial score (nSPS) is 18.6. The number of thioether (sulfide) groups is 1. The van der Waals surface area contributed by atoms with Crippen LogP contribution in [-0.4, -0.2) is 76.8 Å². The van der Waals surface area contributed by atoms with Gasteiger partial charge in [0.2, 0.25) is 0 Å². The van der Waals surface area contributed by atoms with Crippen LogP contribution in [-0.2, 0) is 4.57 Å². The smallest absolute Gasteiger partial charge is 0.326 e. The van der Waals surface area contributed by atoms with E-state index in [4.69, 9.17) is 15.5 Å². The first-order valence-corrected chi connectivity index (χ1v) is 11.1. The van der Waals surface area contributed by atoms with Crippen molar-refractivity contribution < 1.29 is 14.4 Å². The van der Waals surface area contributed by atoms with Gasteiger partial charge in [-0.25, -0.2) is 0 Å². The summed E-state index contributed by atoms with van der Waals surface area (Å²) in [5, 5.41) is 0. The molecule has 6 nitrogen and oxygen atoms in total. The van der Waals surface area contributed by atoms with Gasteiger partial charge in [0.15, 0.2) is 0 Å². The molecule has 1 atom stereocenters. The number of hydrogen-bond acceptors (Lipinski definition) is 5. The Kier molecular flexibility index (Phi) is 8.23. The Morgan fingerprint density at radius 1 is 1.08 bits per heavy atom. The van der Waals surface area contributed by atoms with Gasteiger partial charge in [0, 0.05) is 49.4 Å². The van der Waals surface area contributed by atoms with Crippen LogP contribution in [0.3, 0.4) is 0 Å². The highest BCUT2D eigenvalue weighted by atomic mass is 32.2. The molecule has 1 fully saturated rings. The van der Waals surface area contributed by atoms with Gasteiger partial charge >= 0.3 is 7.60 Å². The van der Waals surface area contributed by atoms with Crippen molar-refractivity contribution in [3.05, 3.63) is 30.3 Å². The predicted octanol–water partition coefficient (Wildman–Crippen LogP) is 1.29. The average molecular weight is 373 g/mol. The Bertz CT molecular complexity index is 521. The summed E-state index contributed by atoms with van der Waals surface area (Å²) in [4.78, 5) is 23.6. The molecule has 1 heterocycles. The molecule has 24 heavy (non-hydrogen) atoms. The standard InChI is InChI=1S/C16H28N3O3PS/c17-15(14-24-16-4-2-1-3-5-16)6-7-18-8-10-19(11-9-18)12-13-23(20,21)22/h1-5,15H,6-14,17H2,(H2,20,21,22)/t15-/m1/s1. The average Bonchev–Trinajstić information content (AvgIpc) is 2.57. The van der Waals surface area contributed by atoms with E-state index < -0.39 is 7.60 Å². The first kappa shape index (κ1) is 19.9. The predicted molar refractivity (Wildman–Crippen MR) is 99.5 cm³/mol. The molecular weight excluding hydrogens is 345 g/mol. The summed E-state index contributed by atoms with van der Waals surface area (Å²) in [6, 6.07) is 10.5. The second-order valence-electron chi connectivity index (χ2n) is 6.24. The first-order chi connectivity index (χ1) is 11.4. The van der Waals surface area contributed by atoms with E-state index >= 15 is 0 Å². The van der Waals surface area contributed by atoms with Gasteiger partial charge in [0.1, 0.15) is 0 Å². The fourth-order valence-electron chi connectivity index (χ4n) is 2.66. The zero-order chi connectivity index (χ0) is 17.4. The summed E-state index contributed by atoms with van der Waals surface area (Å²) in [6.07, 6.45) is 0.927. The summed E-state index contributed by atoms with van der Waals surface area (Å²) in [5.41, 5.74) is 6.22. The third kappa shape index (κ3) is 8.12. The van der Waals surface area contributed by atoms with Crippen molar-refractivity contribution in [3.8, 4) is 0 Å². The SMILES string of the molecule is N[C@H](CCN1CCN(CCP(=O)(O)O)CC1)CSc1ccccc1. The van der Waals surface area contributed by atoms with Gasteiger partial charge in [-0.15, -0.1) is 11.8 Å². The molecule has 8 heteroatoms. The fourth-order valence-corrected chi connectivity index (χ4v) is 4.13. The Hall–Kier alpha value is -0.400. The van der Waals surface area contributed by atoms with Gasteiger partial charge in [-0.1, -0.05) is 18.2 Å². The number of piperazine rings is 1. The molecule has 1 aromatic carbocycles. The molecule has 0 amide bonds. The molecule has 2 rings (SSSR count). The van der Waals surface area contributed by atoms with Crippen LogP contribution < -0.4 is 5.73 Å². The maximum atomic E-state index is 10.9. The maximum Gasteiger partial charge on any atom is 0.326 e. The van der Waals surface area contributed by atoms with Crippen LogP contribution in [0.1, 0.15) is 6.42 Å². The van der Waals surface area contributed by atoms with Crippen molar-refractivity contribution in [2.45, 2.75) is 17.4 Å². The van der Waals surface area contributed by atoms with E-state index in [2.05, 4.69) is 21.9 Å². The third-order valence-electron chi connectivity index (χ3n) is 4.20. The summed E-state index contributed by atoms with van der Waals surface area (Å²) in [5.74, 6) is 0.923. The molecule has 0 radical (unpaired) electrons. The lowest BCUT2D eigenvalue weighted by atomic mass is 10.2. The van der Waals surface area contributed by atoms with E-state index in [-0.39, 0.29) is 12.2 Å². The molecule has 0 aromatic heterocycles. The van der Waals surface area contributed by atoms with E-state index in [0.717, 1.165) is 44.9 Å². The molecule has 0 bridgehead atoms. The quantitative estimate of drug-likeness (QED) is 0.444. The van der Waals surface area contributed by atoms with Crippen LogP contribution in [0.25, 0.3) is 0 Å². The second kappa shape index (κ2) is 9.92. The van der Waals surface area contributed by atoms with Crippen molar-refractivity contribution in [1.29, 1.82) is 0 Å². The summed E-state index contributed by atoms with van der Waals surface area (Å²) >= 11 is 1.80. The lowest BCUT2D eigenvalue weighted by molar-refractivity contribution is 0.134. The first-order valence-electron chi connectivity index (χ1n) is 8.35. The molecule has 0 unspecified atom stereocenters. The largest absolute Gasteiger partial charge is 0.327 e. The van der Waals surface area contributed by atoms with Gasteiger partial charge in [0.25, 0.3) is 0 Å². The molecule has 1 aromatic rings. The van der Waals surface area contributed by atoms with E-state index in [1.54, 1.807) is 11.8 Å². The van der Waals surface area contributed by atoms with Gasteiger partial charge in [-0.2, -0.15) is 0 Å². The van der Waals surface area contributed by atoms with Crippen molar-refractivity contribution in [2.75, 3.05) is 51.2 Å². The summed E-state index contributed by atoms with van der Waals surface area (Å²) in [6.45, 7) is 5.09. The van der Waals surface area contributed by atoms with Crippen molar-refractivity contribution in [2.24, 2.45) is 5.73 Å². The van der Waals surface area contributed by atoms with Crippen LogP contribution in [0, 0.1) is 0 Å². The lowest BCUT2D eigenvalue weighted by Gasteiger charge is -2.35. The molecule has 0 aliphatic carbocycles. The molecule has 1 aliphatic rings. The monoisotopic (exact) mass is 373 g/mol. The highest BCUT2D eigenvalue weighted by molar-refractivity contribution is 7.99. The Labute approximate surface area is 148 Å². The van der Waals surface area contributed by atoms with Crippen molar-refractivity contribution >= 4 is 19.4 Å². The third-order valence-corrected chi connectivity index (χ3v) is 6.18. The second-order valence-corrected chi connectivity index (χ2v) is 9.11. The molecule has 136 valence electrons.